The van der Waals surface area contributed by atoms with Gasteiger partial charge in [-0.15, -0.1) is 0 Å². The SMILES string of the molecule is CCN(CCNCC(=O)OC(C)(C)C)C1CC1. The molecule has 1 rings (SSSR count). The largest absolute Gasteiger partial charge is 0.459 e. The van der Waals surface area contributed by atoms with E-state index in [0.29, 0.717) is 6.54 Å². The molecule has 1 fully saturated rings. The second-order valence-corrected chi connectivity index (χ2v) is 5.62. The average molecular weight is 242 g/mol. The van der Waals surface area contributed by atoms with Gasteiger partial charge in [-0.2, -0.15) is 0 Å². The molecule has 4 heteroatoms. The summed E-state index contributed by atoms with van der Waals surface area (Å²) in [6.45, 7) is 11.1. The zero-order valence-corrected chi connectivity index (χ0v) is 11.6. The van der Waals surface area contributed by atoms with Crippen molar-refractivity contribution in [2.75, 3.05) is 26.2 Å². The zero-order valence-electron chi connectivity index (χ0n) is 11.6. The number of hydrogen-bond acceptors (Lipinski definition) is 4. The summed E-state index contributed by atoms with van der Waals surface area (Å²) in [4.78, 5) is 13.9. The van der Waals surface area contributed by atoms with Crippen molar-refractivity contribution < 1.29 is 9.53 Å². The van der Waals surface area contributed by atoms with E-state index in [1.165, 1.54) is 12.8 Å². The molecule has 0 atom stereocenters. The molecule has 0 aromatic rings. The Kier molecular flexibility index (Phi) is 5.40. The molecule has 0 unspecified atom stereocenters. The lowest BCUT2D eigenvalue weighted by Gasteiger charge is -2.21. The average Bonchev–Trinajstić information content (AvgIpc) is 2.99. The van der Waals surface area contributed by atoms with Crippen LogP contribution in [0.1, 0.15) is 40.5 Å². The summed E-state index contributed by atoms with van der Waals surface area (Å²) in [5.41, 5.74) is -0.387. The van der Waals surface area contributed by atoms with Crippen molar-refractivity contribution in [3.05, 3.63) is 0 Å². The lowest BCUT2D eigenvalue weighted by molar-refractivity contribution is -0.153. The first kappa shape index (κ1) is 14.5. The number of carbonyl (C=O) groups is 1. The van der Waals surface area contributed by atoms with Gasteiger partial charge in [0.05, 0.1) is 6.54 Å². The molecule has 1 aliphatic carbocycles. The molecule has 0 spiro atoms. The molecular weight excluding hydrogens is 216 g/mol. The highest BCUT2D eigenvalue weighted by atomic mass is 16.6. The van der Waals surface area contributed by atoms with E-state index in [1.807, 2.05) is 20.8 Å². The lowest BCUT2D eigenvalue weighted by Crippen LogP contribution is -2.37. The minimum Gasteiger partial charge on any atom is -0.459 e. The highest BCUT2D eigenvalue weighted by Gasteiger charge is 2.27. The van der Waals surface area contributed by atoms with Crippen LogP contribution in [0.4, 0.5) is 0 Å². The molecule has 1 aliphatic rings. The number of nitrogens with zero attached hydrogens (tertiary/aromatic N) is 1. The highest BCUT2D eigenvalue weighted by Crippen LogP contribution is 2.25. The predicted molar refractivity (Wildman–Crippen MR) is 69.0 cm³/mol. The molecule has 0 radical (unpaired) electrons. The van der Waals surface area contributed by atoms with Crippen molar-refractivity contribution in [3.8, 4) is 0 Å². The maximum Gasteiger partial charge on any atom is 0.320 e. The van der Waals surface area contributed by atoms with Gasteiger partial charge in [-0.25, -0.2) is 0 Å². The van der Waals surface area contributed by atoms with E-state index in [1.54, 1.807) is 0 Å². The second-order valence-electron chi connectivity index (χ2n) is 5.62. The van der Waals surface area contributed by atoms with Gasteiger partial charge in [0.25, 0.3) is 0 Å². The third-order valence-electron chi connectivity index (χ3n) is 2.73. The molecular formula is C13H26N2O2. The Morgan fingerprint density at radius 1 is 1.41 bits per heavy atom. The molecule has 0 aliphatic heterocycles. The minimum atomic E-state index is -0.387. The molecule has 0 bridgehead atoms. The molecule has 17 heavy (non-hydrogen) atoms. The van der Waals surface area contributed by atoms with E-state index in [2.05, 4.69) is 17.1 Å². The molecule has 1 saturated carbocycles. The molecule has 0 aromatic heterocycles. The maximum atomic E-state index is 11.4. The summed E-state index contributed by atoms with van der Waals surface area (Å²) in [5, 5.41) is 3.14. The third kappa shape index (κ3) is 6.64. The van der Waals surface area contributed by atoms with Crippen LogP contribution in [-0.4, -0.2) is 48.7 Å². The van der Waals surface area contributed by atoms with Crippen LogP contribution in [0.5, 0.6) is 0 Å². The van der Waals surface area contributed by atoms with Crippen LogP contribution in [0.2, 0.25) is 0 Å². The Hall–Kier alpha value is -0.610. The Bertz CT molecular complexity index is 244. The molecule has 0 amide bonds. The zero-order chi connectivity index (χ0) is 12.9. The van der Waals surface area contributed by atoms with Gasteiger partial charge >= 0.3 is 5.97 Å². The smallest absolute Gasteiger partial charge is 0.320 e. The lowest BCUT2D eigenvalue weighted by atomic mass is 10.2. The topological polar surface area (TPSA) is 41.6 Å². The van der Waals surface area contributed by atoms with Gasteiger partial charge in [0, 0.05) is 19.1 Å². The Morgan fingerprint density at radius 2 is 2.06 bits per heavy atom. The fourth-order valence-corrected chi connectivity index (χ4v) is 1.83. The second kappa shape index (κ2) is 6.36. The summed E-state index contributed by atoms with van der Waals surface area (Å²) >= 11 is 0. The van der Waals surface area contributed by atoms with Crippen LogP contribution < -0.4 is 5.32 Å². The van der Waals surface area contributed by atoms with Crippen molar-refractivity contribution in [1.29, 1.82) is 0 Å². The first-order chi connectivity index (χ1) is 7.92. The fraction of sp³-hybridized carbons (Fsp3) is 0.923. The number of carbonyl (C=O) groups excluding carboxylic acids is 1. The predicted octanol–water partition coefficient (Wildman–Crippen LogP) is 1.40. The maximum absolute atomic E-state index is 11.4. The van der Waals surface area contributed by atoms with E-state index in [4.69, 9.17) is 4.74 Å². The van der Waals surface area contributed by atoms with Crippen molar-refractivity contribution in [2.45, 2.75) is 52.2 Å². The highest BCUT2D eigenvalue weighted by molar-refractivity contribution is 5.72. The van der Waals surface area contributed by atoms with Gasteiger partial charge in [-0.05, 0) is 40.2 Å². The summed E-state index contributed by atoms with van der Waals surface area (Å²) < 4.78 is 5.22. The van der Waals surface area contributed by atoms with Gasteiger partial charge < -0.3 is 10.1 Å². The van der Waals surface area contributed by atoms with E-state index in [-0.39, 0.29) is 11.6 Å². The summed E-state index contributed by atoms with van der Waals surface area (Å²) in [6.07, 6.45) is 2.67. The normalized spacial score (nSPS) is 16.3. The van der Waals surface area contributed by atoms with E-state index in [0.717, 1.165) is 25.7 Å². The summed E-state index contributed by atoms with van der Waals surface area (Å²) in [6, 6.07) is 0.795. The van der Waals surface area contributed by atoms with Gasteiger partial charge in [0.1, 0.15) is 5.60 Å². The number of ether oxygens (including phenoxy) is 1. The molecule has 100 valence electrons. The quantitative estimate of drug-likeness (QED) is 0.541. The van der Waals surface area contributed by atoms with E-state index < -0.39 is 0 Å². The van der Waals surface area contributed by atoms with Crippen LogP contribution in [0.15, 0.2) is 0 Å². The van der Waals surface area contributed by atoms with Crippen molar-refractivity contribution in [3.63, 3.8) is 0 Å². The van der Waals surface area contributed by atoms with Crippen LogP contribution in [0, 0.1) is 0 Å². The van der Waals surface area contributed by atoms with Crippen LogP contribution in [0.25, 0.3) is 0 Å². The number of likely N-dealkylation sites (N-methyl/N-ethyl adjacent to an activating group) is 1. The Labute approximate surface area is 105 Å². The number of hydrogen-bond donors (Lipinski definition) is 1. The molecule has 1 N–H and O–H groups in total. The standard InChI is InChI=1S/C13H26N2O2/c1-5-15(11-6-7-11)9-8-14-10-12(16)17-13(2,3)4/h11,14H,5-10H2,1-4H3. The van der Waals surface area contributed by atoms with Crippen LogP contribution >= 0.6 is 0 Å². The number of rotatable bonds is 7. The summed E-state index contributed by atoms with van der Waals surface area (Å²) in [7, 11) is 0. The third-order valence-corrected chi connectivity index (χ3v) is 2.73. The first-order valence-electron chi connectivity index (χ1n) is 6.59. The fourth-order valence-electron chi connectivity index (χ4n) is 1.83. The van der Waals surface area contributed by atoms with Crippen molar-refractivity contribution in [2.24, 2.45) is 0 Å². The van der Waals surface area contributed by atoms with Gasteiger partial charge in [0.2, 0.25) is 0 Å². The number of nitrogens with one attached hydrogen (secondary N) is 1. The van der Waals surface area contributed by atoms with Crippen LogP contribution in [0.3, 0.4) is 0 Å². The Morgan fingerprint density at radius 3 is 2.53 bits per heavy atom. The van der Waals surface area contributed by atoms with Crippen molar-refractivity contribution >= 4 is 5.97 Å². The van der Waals surface area contributed by atoms with Gasteiger partial charge in [-0.1, -0.05) is 6.92 Å². The van der Waals surface area contributed by atoms with E-state index >= 15 is 0 Å². The minimum absolute atomic E-state index is 0.174. The van der Waals surface area contributed by atoms with Crippen molar-refractivity contribution in [1.82, 2.24) is 10.2 Å². The summed E-state index contributed by atoms with van der Waals surface area (Å²) in [5.74, 6) is -0.174. The number of esters is 1. The monoisotopic (exact) mass is 242 g/mol. The van der Waals surface area contributed by atoms with Crippen LogP contribution in [-0.2, 0) is 9.53 Å². The first-order valence-corrected chi connectivity index (χ1v) is 6.59. The molecule has 0 saturated heterocycles. The molecule has 0 aromatic carbocycles. The van der Waals surface area contributed by atoms with E-state index in [9.17, 15) is 4.79 Å². The Balaban J connectivity index is 2.05. The van der Waals surface area contributed by atoms with Gasteiger partial charge in [-0.3, -0.25) is 9.69 Å². The molecule has 0 heterocycles. The molecule has 4 nitrogen and oxygen atoms in total. The van der Waals surface area contributed by atoms with Gasteiger partial charge in [0.15, 0.2) is 0 Å².